The normalized spacial score (nSPS) is 23.1. The van der Waals surface area contributed by atoms with Crippen molar-refractivity contribution in [2.45, 2.75) is 32.0 Å². The first-order valence-electron chi connectivity index (χ1n) is 6.45. The SMILES string of the molecule is CC1OCCC1N(C)Cc1ccc(F)c(B(O)O)c1. The van der Waals surface area contributed by atoms with Gasteiger partial charge in [0.25, 0.3) is 0 Å². The lowest BCUT2D eigenvalue weighted by Gasteiger charge is -2.26. The van der Waals surface area contributed by atoms with E-state index in [-0.39, 0.29) is 11.6 Å². The third-order valence-corrected chi connectivity index (χ3v) is 3.67. The monoisotopic (exact) mass is 267 g/mol. The lowest BCUT2D eigenvalue weighted by Crippen LogP contribution is -2.37. The number of rotatable bonds is 4. The second-order valence-electron chi connectivity index (χ2n) is 5.08. The third-order valence-electron chi connectivity index (χ3n) is 3.67. The van der Waals surface area contributed by atoms with Gasteiger partial charge in [0.1, 0.15) is 5.82 Å². The van der Waals surface area contributed by atoms with Crippen LogP contribution in [0.1, 0.15) is 18.9 Å². The van der Waals surface area contributed by atoms with Gasteiger partial charge in [-0.3, -0.25) is 4.90 Å². The summed E-state index contributed by atoms with van der Waals surface area (Å²) < 4.78 is 18.9. The van der Waals surface area contributed by atoms with Crippen LogP contribution in [0, 0.1) is 5.82 Å². The zero-order chi connectivity index (χ0) is 14.0. The van der Waals surface area contributed by atoms with Crippen molar-refractivity contribution in [2.75, 3.05) is 13.7 Å². The van der Waals surface area contributed by atoms with Crippen molar-refractivity contribution in [1.29, 1.82) is 0 Å². The fourth-order valence-electron chi connectivity index (χ4n) is 2.59. The summed E-state index contributed by atoms with van der Waals surface area (Å²) in [5, 5.41) is 18.2. The van der Waals surface area contributed by atoms with Crippen LogP contribution in [-0.2, 0) is 11.3 Å². The van der Waals surface area contributed by atoms with Crippen molar-refractivity contribution in [1.82, 2.24) is 4.90 Å². The first kappa shape index (κ1) is 14.5. The van der Waals surface area contributed by atoms with Crippen LogP contribution in [0.3, 0.4) is 0 Å². The highest BCUT2D eigenvalue weighted by atomic mass is 19.1. The standard InChI is InChI=1S/C13H19BFNO3/c1-9-13(5-6-19-9)16(2)8-10-3-4-12(15)11(7-10)14(17)18/h3-4,7,9,13,17-18H,5-6,8H2,1-2H3. The molecule has 1 aliphatic rings. The van der Waals surface area contributed by atoms with Crippen LogP contribution in [0.15, 0.2) is 18.2 Å². The van der Waals surface area contributed by atoms with Crippen LogP contribution in [0.25, 0.3) is 0 Å². The van der Waals surface area contributed by atoms with Gasteiger partial charge in [0.15, 0.2) is 0 Å². The van der Waals surface area contributed by atoms with Gasteiger partial charge in [0.2, 0.25) is 0 Å². The fourth-order valence-corrected chi connectivity index (χ4v) is 2.59. The number of likely N-dealkylation sites (N-methyl/N-ethyl adjacent to an activating group) is 1. The number of halogens is 1. The predicted molar refractivity (Wildman–Crippen MR) is 71.5 cm³/mol. The summed E-state index contributed by atoms with van der Waals surface area (Å²) in [4.78, 5) is 2.15. The summed E-state index contributed by atoms with van der Waals surface area (Å²) >= 11 is 0. The summed E-state index contributed by atoms with van der Waals surface area (Å²) in [7, 11) is 0.216. The van der Waals surface area contributed by atoms with Crippen molar-refractivity contribution in [2.24, 2.45) is 0 Å². The maximum Gasteiger partial charge on any atom is 0.491 e. The zero-order valence-corrected chi connectivity index (χ0v) is 11.2. The van der Waals surface area contributed by atoms with Gasteiger partial charge in [-0.1, -0.05) is 12.1 Å². The molecule has 0 aromatic heterocycles. The minimum absolute atomic E-state index is 0.0818. The molecule has 0 bridgehead atoms. The van der Waals surface area contributed by atoms with E-state index < -0.39 is 12.9 Å². The van der Waals surface area contributed by atoms with Crippen LogP contribution in [0.5, 0.6) is 0 Å². The van der Waals surface area contributed by atoms with E-state index in [2.05, 4.69) is 4.90 Å². The van der Waals surface area contributed by atoms with Crippen LogP contribution in [0.4, 0.5) is 4.39 Å². The van der Waals surface area contributed by atoms with E-state index in [1.807, 2.05) is 14.0 Å². The Morgan fingerprint density at radius 1 is 1.47 bits per heavy atom. The molecule has 2 rings (SSSR count). The highest BCUT2D eigenvalue weighted by molar-refractivity contribution is 6.58. The molecular formula is C13H19BFNO3. The predicted octanol–water partition coefficient (Wildman–Crippen LogP) is 0.115. The Morgan fingerprint density at radius 3 is 2.79 bits per heavy atom. The van der Waals surface area contributed by atoms with Gasteiger partial charge in [0.05, 0.1) is 6.10 Å². The van der Waals surface area contributed by atoms with Crippen LogP contribution < -0.4 is 5.46 Å². The molecule has 1 heterocycles. The van der Waals surface area contributed by atoms with E-state index in [0.29, 0.717) is 12.6 Å². The van der Waals surface area contributed by atoms with Gasteiger partial charge in [-0.05, 0) is 32.0 Å². The molecule has 2 atom stereocenters. The minimum atomic E-state index is -1.78. The molecule has 0 aliphatic carbocycles. The molecule has 1 aromatic carbocycles. The summed E-state index contributed by atoms with van der Waals surface area (Å²) in [6.45, 7) is 3.43. The number of nitrogens with zero attached hydrogens (tertiary/aromatic N) is 1. The van der Waals surface area contributed by atoms with Gasteiger partial charge in [0, 0.05) is 24.7 Å². The van der Waals surface area contributed by atoms with Crippen molar-refractivity contribution >= 4 is 12.6 Å². The lowest BCUT2D eigenvalue weighted by molar-refractivity contribution is 0.0814. The molecule has 19 heavy (non-hydrogen) atoms. The van der Waals surface area contributed by atoms with E-state index in [1.165, 1.54) is 12.1 Å². The summed E-state index contributed by atoms with van der Waals surface area (Å²) in [5.74, 6) is -0.598. The number of benzene rings is 1. The van der Waals surface area contributed by atoms with Crippen molar-refractivity contribution in [3.63, 3.8) is 0 Å². The molecule has 2 unspecified atom stereocenters. The Bertz CT molecular complexity index is 444. The van der Waals surface area contributed by atoms with E-state index in [9.17, 15) is 4.39 Å². The third kappa shape index (κ3) is 3.33. The van der Waals surface area contributed by atoms with E-state index >= 15 is 0 Å². The second-order valence-corrected chi connectivity index (χ2v) is 5.08. The summed E-state index contributed by atoms with van der Waals surface area (Å²) in [6, 6.07) is 4.77. The lowest BCUT2D eigenvalue weighted by atomic mass is 9.79. The second kappa shape index (κ2) is 6.01. The summed E-state index contributed by atoms with van der Waals surface area (Å²) in [5.41, 5.74) is 0.771. The minimum Gasteiger partial charge on any atom is -0.423 e. The van der Waals surface area contributed by atoms with Gasteiger partial charge in [-0.25, -0.2) is 4.39 Å². The number of ether oxygens (including phenoxy) is 1. The van der Waals surface area contributed by atoms with Gasteiger partial charge >= 0.3 is 7.12 Å². The number of hydrogen-bond donors (Lipinski definition) is 2. The highest BCUT2D eigenvalue weighted by Gasteiger charge is 2.28. The van der Waals surface area contributed by atoms with Gasteiger partial charge in [-0.2, -0.15) is 0 Å². The molecule has 0 spiro atoms. The topological polar surface area (TPSA) is 52.9 Å². The van der Waals surface area contributed by atoms with E-state index in [4.69, 9.17) is 14.8 Å². The average molecular weight is 267 g/mol. The summed E-state index contributed by atoms with van der Waals surface area (Å²) in [6.07, 6.45) is 1.17. The quantitative estimate of drug-likeness (QED) is 0.760. The largest absolute Gasteiger partial charge is 0.491 e. The maximum absolute atomic E-state index is 13.4. The molecular weight excluding hydrogens is 248 g/mol. The Hall–Kier alpha value is -0.945. The number of hydrogen-bond acceptors (Lipinski definition) is 4. The molecule has 2 N–H and O–H groups in total. The van der Waals surface area contributed by atoms with Gasteiger partial charge < -0.3 is 14.8 Å². The van der Waals surface area contributed by atoms with E-state index in [0.717, 1.165) is 18.6 Å². The van der Waals surface area contributed by atoms with Crippen LogP contribution >= 0.6 is 0 Å². The Morgan fingerprint density at radius 2 is 2.21 bits per heavy atom. The molecule has 0 saturated carbocycles. The molecule has 1 aliphatic heterocycles. The molecule has 6 heteroatoms. The van der Waals surface area contributed by atoms with Crippen LogP contribution in [0.2, 0.25) is 0 Å². The van der Waals surface area contributed by atoms with E-state index in [1.54, 1.807) is 6.07 Å². The Kier molecular flexibility index (Phi) is 4.57. The van der Waals surface area contributed by atoms with Gasteiger partial charge in [-0.15, -0.1) is 0 Å². The molecule has 1 fully saturated rings. The first-order chi connectivity index (χ1) is 8.99. The smallest absolute Gasteiger partial charge is 0.423 e. The molecule has 1 saturated heterocycles. The Balaban J connectivity index is 2.08. The highest BCUT2D eigenvalue weighted by Crippen LogP contribution is 2.19. The molecule has 0 radical (unpaired) electrons. The molecule has 0 amide bonds. The zero-order valence-electron chi connectivity index (χ0n) is 11.2. The fraction of sp³-hybridized carbons (Fsp3) is 0.538. The van der Waals surface area contributed by atoms with Crippen LogP contribution in [-0.4, -0.2) is 47.9 Å². The maximum atomic E-state index is 13.4. The van der Waals surface area contributed by atoms with Crippen molar-refractivity contribution in [3.8, 4) is 0 Å². The molecule has 1 aromatic rings. The first-order valence-corrected chi connectivity index (χ1v) is 6.45. The Labute approximate surface area is 113 Å². The average Bonchev–Trinajstić information content (AvgIpc) is 2.77. The molecule has 4 nitrogen and oxygen atoms in total. The van der Waals surface area contributed by atoms with Crippen molar-refractivity contribution in [3.05, 3.63) is 29.6 Å². The van der Waals surface area contributed by atoms with Crippen molar-refractivity contribution < 1.29 is 19.2 Å². The molecule has 104 valence electrons.